The van der Waals surface area contributed by atoms with Crippen molar-refractivity contribution in [2.75, 3.05) is 20.3 Å². The zero-order chi connectivity index (χ0) is 14.8. The molecule has 1 aliphatic heterocycles. The molecule has 4 nitrogen and oxygen atoms in total. The summed E-state index contributed by atoms with van der Waals surface area (Å²) < 4.78 is 32.3. The lowest BCUT2D eigenvalue weighted by Gasteiger charge is -2.24. The Morgan fingerprint density at radius 1 is 1.45 bits per heavy atom. The van der Waals surface area contributed by atoms with Gasteiger partial charge < -0.3 is 4.74 Å². The van der Waals surface area contributed by atoms with Gasteiger partial charge in [0.25, 0.3) is 0 Å². The van der Waals surface area contributed by atoms with Crippen molar-refractivity contribution in [1.29, 1.82) is 0 Å². The average Bonchev–Trinajstić information content (AvgIpc) is 2.99. The molecular formula is C14H20ClNO3S. The Balaban J connectivity index is 2.41. The Morgan fingerprint density at radius 2 is 2.20 bits per heavy atom. The summed E-state index contributed by atoms with van der Waals surface area (Å²) in [5.41, 5.74) is 1.64. The second kappa shape index (κ2) is 6.43. The highest BCUT2D eigenvalue weighted by atomic mass is 35.5. The van der Waals surface area contributed by atoms with Crippen LogP contribution in [0.4, 0.5) is 0 Å². The van der Waals surface area contributed by atoms with Crippen molar-refractivity contribution < 1.29 is 13.2 Å². The first kappa shape index (κ1) is 15.8. The van der Waals surface area contributed by atoms with Crippen LogP contribution in [0.3, 0.4) is 0 Å². The third-order valence-electron chi connectivity index (χ3n) is 3.74. The number of hydrogen-bond donors (Lipinski definition) is 0. The smallest absolute Gasteiger partial charge is 0.243 e. The third kappa shape index (κ3) is 3.01. The van der Waals surface area contributed by atoms with E-state index in [0.29, 0.717) is 30.4 Å². The Morgan fingerprint density at radius 3 is 2.75 bits per heavy atom. The largest absolute Gasteiger partial charge is 0.380 e. The zero-order valence-electron chi connectivity index (χ0n) is 11.8. The molecule has 0 amide bonds. The van der Waals surface area contributed by atoms with E-state index in [9.17, 15) is 8.42 Å². The second-order valence-corrected chi connectivity index (χ2v) is 7.20. The van der Waals surface area contributed by atoms with Gasteiger partial charge >= 0.3 is 0 Å². The van der Waals surface area contributed by atoms with Crippen LogP contribution in [0, 0.1) is 0 Å². The van der Waals surface area contributed by atoms with E-state index < -0.39 is 10.0 Å². The van der Waals surface area contributed by atoms with Crippen LogP contribution in [0.15, 0.2) is 23.1 Å². The zero-order valence-corrected chi connectivity index (χ0v) is 13.4. The molecule has 0 bridgehead atoms. The van der Waals surface area contributed by atoms with Crippen molar-refractivity contribution in [3.63, 3.8) is 0 Å². The maximum atomic E-state index is 12.8. The van der Waals surface area contributed by atoms with Crippen molar-refractivity contribution >= 4 is 21.6 Å². The summed E-state index contributed by atoms with van der Waals surface area (Å²) in [6.45, 7) is 3.03. The first-order chi connectivity index (χ1) is 9.50. The lowest BCUT2D eigenvalue weighted by molar-refractivity contribution is 0.181. The molecule has 0 N–H and O–H groups in total. The van der Waals surface area contributed by atoms with E-state index in [-0.39, 0.29) is 6.04 Å². The molecule has 1 aliphatic rings. The van der Waals surface area contributed by atoms with Crippen LogP contribution >= 0.6 is 11.6 Å². The molecule has 0 saturated carbocycles. The fraction of sp³-hybridized carbons (Fsp3) is 0.571. The van der Waals surface area contributed by atoms with Crippen LogP contribution in [0.2, 0.25) is 0 Å². The van der Waals surface area contributed by atoms with Crippen LogP contribution < -0.4 is 0 Å². The van der Waals surface area contributed by atoms with E-state index in [1.165, 1.54) is 4.31 Å². The van der Waals surface area contributed by atoms with Crippen LogP contribution in [0.25, 0.3) is 0 Å². The molecule has 6 heteroatoms. The number of rotatable bonds is 5. The lowest BCUT2D eigenvalue weighted by Crippen LogP contribution is -2.37. The molecule has 1 saturated heterocycles. The van der Waals surface area contributed by atoms with E-state index in [0.717, 1.165) is 17.5 Å². The van der Waals surface area contributed by atoms with Crippen LogP contribution in [-0.2, 0) is 27.1 Å². The predicted molar refractivity (Wildman–Crippen MR) is 79.5 cm³/mol. The van der Waals surface area contributed by atoms with Crippen LogP contribution in [0.5, 0.6) is 0 Å². The first-order valence-electron chi connectivity index (χ1n) is 6.74. The molecule has 1 fully saturated rings. The topological polar surface area (TPSA) is 46.6 Å². The number of aryl methyl sites for hydroxylation is 1. The molecular weight excluding hydrogens is 298 g/mol. The van der Waals surface area contributed by atoms with Gasteiger partial charge in [-0.2, -0.15) is 4.31 Å². The van der Waals surface area contributed by atoms with E-state index in [1.807, 2.05) is 19.1 Å². The Labute approximate surface area is 125 Å². The summed E-state index contributed by atoms with van der Waals surface area (Å²) in [5, 5.41) is 0. The average molecular weight is 318 g/mol. The van der Waals surface area contributed by atoms with Gasteiger partial charge in [-0.1, -0.05) is 19.1 Å². The number of hydrogen-bond acceptors (Lipinski definition) is 3. The SMILES string of the molecule is CCc1ccc(CCl)cc1S(=O)(=O)N(C)C1CCOC1. The maximum absolute atomic E-state index is 12.8. The van der Waals surface area contributed by atoms with Crippen molar-refractivity contribution in [1.82, 2.24) is 4.31 Å². The number of halogens is 1. The van der Waals surface area contributed by atoms with Gasteiger partial charge in [0.15, 0.2) is 0 Å². The van der Waals surface area contributed by atoms with E-state index in [2.05, 4.69) is 0 Å². The van der Waals surface area contributed by atoms with Gasteiger partial charge in [0.1, 0.15) is 0 Å². The molecule has 1 atom stereocenters. The predicted octanol–water partition coefficient (Wildman–Crippen LogP) is 2.40. The second-order valence-electron chi connectivity index (χ2n) is 4.97. The lowest BCUT2D eigenvalue weighted by atomic mass is 10.1. The Kier molecular flexibility index (Phi) is 5.07. The number of likely N-dealkylation sites (N-methyl/N-ethyl adjacent to an activating group) is 1. The van der Waals surface area contributed by atoms with Gasteiger partial charge in [-0.3, -0.25) is 0 Å². The molecule has 20 heavy (non-hydrogen) atoms. The molecule has 1 unspecified atom stereocenters. The van der Waals surface area contributed by atoms with E-state index >= 15 is 0 Å². The van der Waals surface area contributed by atoms with Gasteiger partial charge in [0, 0.05) is 19.5 Å². The summed E-state index contributed by atoms with van der Waals surface area (Å²) in [4.78, 5) is 0.368. The molecule has 1 aromatic rings. The highest BCUT2D eigenvalue weighted by Crippen LogP contribution is 2.25. The van der Waals surface area contributed by atoms with Crippen molar-refractivity contribution in [2.24, 2.45) is 0 Å². The number of nitrogens with zero attached hydrogens (tertiary/aromatic N) is 1. The van der Waals surface area contributed by atoms with Gasteiger partial charge in [-0.15, -0.1) is 11.6 Å². The highest BCUT2D eigenvalue weighted by Gasteiger charge is 2.31. The number of benzene rings is 1. The molecule has 1 aromatic carbocycles. The third-order valence-corrected chi connectivity index (χ3v) is 6.04. The minimum Gasteiger partial charge on any atom is -0.380 e. The summed E-state index contributed by atoms with van der Waals surface area (Å²) in [5.74, 6) is 0.308. The standard InChI is InChI=1S/C14H20ClNO3S/c1-3-12-5-4-11(9-15)8-14(12)20(17,18)16(2)13-6-7-19-10-13/h4-5,8,13H,3,6-7,9-10H2,1-2H3. The maximum Gasteiger partial charge on any atom is 0.243 e. The minimum absolute atomic E-state index is 0.0793. The Bertz CT molecular complexity index is 568. The van der Waals surface area contributed by atoms with Gasteiger partial charge in [0.2, 0.25) is 10.0 Å². The quantitative estimate of drug-likeness (QED) is 0.783. The van der Waals surface area contributed by atoms with E-state index in [4.69, 9.17) is 16.3 Å². The van der Waals surface area contributed by atoms with Crippen molar-refractivity contribution in [2.45, 2.75) is 36.6 Å². The Hall–Kier alpha value is -0.620. The molecule has 0 aromatic heterocycles. The molecule has 1 heterocycles. The summed E-state index contributed by atoms with van der Waals surface area (Å²) in [6.07, 6.45) is 1.42. The van der Waals surface area contributed by atoms with Gasteiger partial charge in [-0.05, 0) is 30.0 Å². The van der Waals surface area contributed by atoms with Crippen LogP contribution in [0.1, 0.15) is 24.5 Å². The number of sulfonamides is 1. The van der Waals surface area contributed by atoms with E-state index in [1.54, 1.807) is 13.1 Å². The normalized spacial score (nSPS) is 19.7. The van der Waals surface area contributed by atoms with Gasteiger partial charge in [0.05, 0.1) is 17.5 Å². The monoisotopic (exact) mass is 317 g/mol. The summed E-state index contributed by atoms with van der Waals surface area (Å²) in [7, 11) is -1.88. The number of alkyl halides is 1. The molecule has 0 aliphatic carbocycles. The minimum atomic E-state index is -3.50. The molecule has 0 spiro atoms. The van der Waals surface area contributed by atoms with Crippen molar-refractivity contribution in [3.05, 3.63) is 29.3 Å². The van der Waals surface area contributed by atoms with Crippen molar-refractivity contribution in [3.8, 4) is 0 Å². The molecule has 112 valence electrons. The first-order valence-corrected chi connectivity index (χ1v) is 8.71. The highest BCUT2D eigenvalue weighted by molar-refractivity contribution is 7.89. The summed E-state index contributed by atoms with van der Waals surface area (Å²) in [6, 6.07) is 5.34. The van der Waals surface area contributed by atoms with Crippen LogP contribution in [-0.4, -0.2) is 39.0 Å². The molecule has 2 rings (SSSR count). The van der Waals surface area contributed by atoms with Gasteiger partial charge in [-0.25, -0.2) is 8.42 Å². The fourth-order valence-corrected chi connectivity index (χ4v) is 4.25. The fourth-order valence-electron chi connectivity index (χ4n) is 2.37. The number of ether oxygens (including phenoxy) is 1. The summed E-state index contributed by atoms with van der Waals surface area (Å²) >= 11 is 5.82. The molecule has 0 radical (unpaired) electrons.